The molecule has 0 radical (unpaired) electrons. The van der Waals surface area contributed by atoms with Gasteiger partial charge in [-0.2, -0.15) is 8.42 Å². The Labute approximate surface area is 81.1 Å². The van der Waals surface area contributed by atoms with Gasteiger partial charge >= 0.3 is 0 Å². The van der Waals surface area contributed by atoms with Crippen LogP contribution in [-0.2, 0) is 16.7 Å². The normalized spacial score (nSPS) is 11.6. The third kappa shape index (κ3) is 2.19. The zero-order valence-corrected chi connectivity index (χ0v) is 8.14. The van der Waals surface area contributed by atoms with Crippen LogP contribution in [0.4, 0.5) is 0 Å². The molecule has 0 spiro atoms. The fourth-order valence-corrected chi connectivity index (χ4v) is 2.29. The lowest BCUT2D eigenvalue weighted by molar-refractivity contribution is 0.482. The molecule has 0 aliphatic heterocycles. The van der Waals surface area contributed by atoms with E-state index in [2.05, 4.69) is 0 Å². The van der Waals surface area contributed by atoms with Crippen molar-refractivity contribution in [1.82, 2.24) is 0 Å². The lowest BCUT2D eigenvalue weighted by Gasteiger charge is -2.05. The van der Waals surface area contributed by atoms with Crippen molar-refractivity contribution >= 4 is 21.7 Å². The molecule has 0 heterocycles. The molecule has 0 aliphatic rings. The largest absolute Gasteiger partial charge is 0.326 e. The van der Waals surface area contributed by atoms with Crippen molar-refractivity contribution in [2.75, 3.05) is 0 Å². The van der Waals surface area contributed by atoms with E-state index in [0.717, 1.165) is 0 Å². The lowest BCUT2D eigenvalue weighted by atomic mass is 10.2. The van der Waals surface area contributed by atoms with Gasteiger partial charge in [0.2, 0.25) is 0 Å². The van der Waals surface area contributed by atoms with Crippen LogP contribution in [0.25, 0.3) is 0 Å². The van der Waals surface area contributed by atoms with E-state index in [4.69, 9.17) is 21.9 Å². The van der Waals surface area contributed by atoms with Crippen LogP contribution in [0.5, 0.6) is 0 Å². The van der Waals surface area contributed by atoms with Crippen molar-refractivity contribution in [3.05, 3.63) is 28.8 Å². The standard InChI is InChI=1S/C7H8ClNO3S/c8-6-3-1-2-5(4-9)7(6)13(10,11)12/h1-3H,4,9H2,(H,10,11,12). The van der Waals surface area contributed by atoms with E-state index in [1.54, 1.807) is 6.07 Å². The van der Waals surface area contributed by atoms with Crippen molar-refractivity contribution in [3.8, 4) is 0 Å². The van der Waals surface area contributed by atoms with Gasteiger partial charge in [0.1, 0.15) is 4.90 Å². The summed E-state index contributed by atoms with van der Waals surface area (Å²) in [5.74, 6) is 0. The first-order valence-corrected chi connectivity index (χ1v) is 5.23. The van der Waals surface area contributed by atoms with Crippen molar-refractivity contribution in [2.45, 2.75) is 11.4 Å². The molecule has 1 aromatic rings. The lowest BCUT2D eigenvalue weighted by Crippen LogP contribution is -2.07. The maximum atomic E-state index is 10.8. The molecule has 72 valence electrons. The predicted molar refractivity (Wildman–Crippen MR) is 49.2 cm³/mol. The zero-order chi connectivity index (χ0) is 10.1. The Bertz CT molecular complexity index is 416. The summed E-state index contributed by atoms with van der Waals surface area (Å²) in [6, 6.07) is 4.44. The maximum absolute atomic E-state index is 10.8. The SMILES string of the molecule is NCc1cccc(Cl)c1S(=O)(=O)O. The Morgan fingerprint density at radius 3 is 2.46 bits per heavy atom. The van der Waals surface area contributed by atoms with Crippen molar-refractivity contribution < 1.29 is 13.0 Å². The molecule has 0 amide bonds. The first kappa shape index (κ1) is 10.5. The van der Waals surface area contributed by atoms with Gasteiger partial charge in [-0.25, -0.2) is 0 Å². The third-order valence-corrected chi connectivity index (χ3v) is 2.95. The van der Waals surface area contributed by atoms with Crippen LogP contribution in [0.1, 0.15) is 5.56 Å². The van der Waals surface area contributed by atoms with Gasteiger partial charge in [0.05, 0.1) is 5.02 Å². The number of nitrogens with two attached hydrogens (primary N) is 1. The number of hydrogen-bond donors (Lipinski definition) is 2. The molecule has 0 bridgehead atoms. The average molecular weight is 222 g/mol. The van der Waals surface area contributed by atoms with E-state index in [1.807, 2.05) is 0 Å². The van der Waals surface area contributed by atoms with Gasteiger partial charge in [0, 0.05) is 6.54 Å². The first-order valence-electron chi connectivity index (χ1n) is 3.41. The molecule has 1 aromatic carbocycles. The Morgan fingerprint density at radius 2 is 2.08 bits per heavy atom. The topological polar surface area (TPSA) is 80.4 Å². The van der Waals surface area contributed by atoms with E-state index in [0.29, 0.717) is 5.56 Å². The minimum Gasteiger partial charge on any atom is -0.326 e. The number of hydrogen-bond acceptors (Lipinski definition) is 3. The third-order valence-electron chi connectivity index (χ3n) is 1.53. The van der Waals surface area contributed by atoms with Gasteiger partial charge in [0.25, 0.3) is 10.1 Å². The smallest absolute Gasteiger partial charge is 0.296 e. The molecule has 0 aromatic heterocycles. The maximum Gasteiger partial charge on any atom is 0.296 e. The molecule has 0 unspecified atom stereocenters. The molecule has 0 aliphatic carbocycles. The van der Waals surface area contributed by atoms with E-state index in [-0.39, 0.29) is 16.5 Å². The average Bonchev–Trinajstić information content (AvgIpc) is 2.01. The number of benzene rings is 1. The van der Waals surface area contributed by atoms with E-state index in [9.17, 15) is 8.42 Å². The van der Waals surface area contributed by atoms with Gasteiger partial charge in [-0.3, -0.25) is 4.55 Å². The summed E-state index contributed by atoms with van der Waals surface area (Å²) in [6.45, 7) is 0.00961. The highest BCUT2D eigenvalue weighted by atomic mass is 35.5. The summed E-state index contributed by atoms with van der Waals surface area (Å²) in [5, 5.41) is -0.0227. The molecule has 0 saturated carbocycles. The highest BCUT2D eigenvalue weighted by Gasteiger charge is 2.17. The summed E-state index contributed by atoms with van der Waals surface area (Å²) in [7, 11) is -4.29. The molecule has 0 saturated heterocycles. The molecular formula is C7H8ClNO3S. The summed E-state index contributed by atoms with van der Waals surface area (Å²) < 4.78 is 30.5. The predicted octanol–water partition coefficient (Wildman–Crippen LogP) is 1.05. The van der Waals surface area contributed by atoms with Gasteiger partial charge < -0.3 is 5.73 Å². The van der Waals surface area contributed by atoms with Crippen LogP contribution in [0.2, 0.25) is 5.02 Å². The monoisotopic (exact) mass is 221 g/mol. The van der Waals surface area contributed by atoms with Crippen LogP contribution in [-0.4, -0.2) is 13.0 Å². The van der Waals surface area contributed by atoms with Crippen molar-refractivity contribution in [2.24, 2.45) is 5.73 Å². The van der Waals surface area contributed by atoms with Crippen LogP contribution in [0, 0.1) is 0 Å². The molecule has 0 atom stereocenters. The van der Waals surface area contributed by atoms with Crippen molar-refractivity contribution in [3.63, 3.8) is 0 Å². The van der Waals surface area contributed by atoms with Crippen molar-refractivity contribution in [1.29, 1.82) is 0 Å². The molecule has 1 rings (SSSR count). The second-order valence-electron chi connectivity index (χ2n) is 2.41. The quantitative estimate of drug-likeness (QED) is 0.732. The minimum atomic E-state index is -4.29. The van der Waals surface area contributed by atoms with Gasteiger partial charge in [-0.05, 0) is 11.6 Å². The molecule has 4 nitrogen and oxygen atoms in total. The second-order valence-corrected chi connectivity index (χ2v) is 4.17. The Morgan fingerprint density at radius 1 is 1.46 bits per heavy atom. The highest BCUT2D eigenvalue weighted by molar-refractivity contribution is 7.86. The second kappa shape index (κ2) is 3.63. The van der Waals surface area contributed by atoms with Gasteiger partial charge in [-0.15, -0.1) is 0 Å². The summed E-state index contributed by atoms with van der Waals surface area (Å²) >= 11 is 5.60. The Balaban J connectivity index is 3.50. The fraction of sp³-hybridized carbons (Fsp3) is 0.143. The molecule has 13 heavy (non-hydrogen) atoms. The first-order chi connectivity index (χ1) is 5.96. The van der Waals surface area contributed by atoms with Crippen LogP contribution in [0.3, 0.4) is 0 Å². The minimum absolute atomic E-state index is 0.00961. The zero-order valence-electron chi connectivity index (χ0n) is 6.57. The summed E-state index contributed by atoms with van der Waals surface area (Å²) in [4.78, 5) is -0.306. The van der Waals surface area contributed by atoms with Gasteiger partial charge in [0.15, 0.2) is 0 Å². The fourth-order valence-electron chi connectivity index (χ4n) is 1.00. The summed E-state index contributed by atoms with van der Waals surface area (Å²) in [5.41, 5.74) is 5.58. The van der Waals surface area contributed by atoms with Gasteiger partial charge in [-0.1, -0.05) is 23.7 Å². The molecule has 6 heteroatoms. The number of halogens is 1. The Kier molecular flexibility index (Phi) is 2.92. The summed E-state index contributed by atoms with van der Waals surface area (Å²) in [6.07, 6.45) is 0. The Hall–Kier alpha value is -0.620. The van der Waals surface area contributed by atoms with Crippen LogP contribution in [0.15, 0.2) is 23.1 Å². The molecule has 0 fully saturated rings. The van der Waals surface area contributed by atoms with E-state index in [1.165, 1.54) is 12.1 Å². The molecule has 3 N–H and O–H groups in total. The highest BCUT2D eigenvalue weighted by Crippen LogP contribution is 2.24. The molecular weight excluding hydrogens is 214 g/mol. The number of rotatable bonds is 2. The van der Waals surface area contributed by atoms with E-state index < -0.39 is 10.1 Å². The van der Waals surface area contributed by atoms with Crippen LogP contribution >= 0.6 is 11.6 Å². The van der Waals surface area contributed by atoms with E-state index >= 15 is 0 Å². The van der Waals surface area contributed by atoms with Crippen LogP contribution < -0.4 is 5.73 Å².